The molecule has 6 rings (SSSR count). The number of nitrogens with zero attached hydrogens (tertiary/aromatic N) is 4. The van der Waals surface area contributed by atoms with E-state index in [0.29, 0.717) is 49.2 Å². The number of hydrogen-bond donors (Lipinski definition) is 4. The molecular weight excluding hydrogens is 727 g/mol. The zero-order chi connectivity index (χ0) is 40.7. The number of amides is 4. The molecule has 3 aliphatic heterocycles. The topological polar surface area (TPSA) is 183 Å². The molecule has 306 valence electrons. The number of fused-ring (bicyclic) bond motifs is 16. The molecule has 1 saturated heterocycles. The second-order valence-corrected chi connectivity index (χ2v) is 15.5. The summed E-state index contributed by atoms with van der Waals surface area (Å²) in [6, 6.07) is 16.2. The predicted molar refractivity (Wildman–Crippen MR) is 214 cm³/mol. The summed E-state index contributed by atoms with van der Waals surface area (Å²) in [7, 11) is 1.66. The molecule has 2 aromatic carbocycles. The molecule has 0 saturated carbocycles. The monoisotopic (exact) mass is 783 g/mol. The first-order valence-electron chi connectivity index (χ1n) is 20.1. The molecular formula is C43H57N7O7. The van der Waals surface area contributed by atoms with Crippen LogP contribution in [0.2, 0.25) is 0 Å². The highest BCUT2D eigenvalue weighted by Crippen LogP contribution is 2.28. The number of likely N-dealkylation sites (tertiary alicyclic amines) is 1. The number of carbonyl (C=O) groups excluding carboxylic acids is 4. The summed E-state index contributed by atoms with van der Waals surface area (Å²) >= 11 is 0. The Balaban J connectivity index is 1.33. The van der Waals surface area contributed by atoms with Gasteiger partial charge in [-0.2, -0.15) is 0 Å². The zero-order valence-electron chi connectivity index (χ0n) is 33.4. The lowest BCUT2D eigenvalue weighted by Crippen LogP contribution is -2.54. The molecule has 3 aromatic rings. The maximum atomic E-state index is 13.7. The first-order chi connectivity index (χ1) is 27.4. The maximum absolute atomic E-state index is 13.7. The number of hydrogen-bond acceptors (Lipinski definition) is 9. The van der Waals surface area contributed by atoms with Crippen LogP contribution in [0, 0.1) is 5.92 Å². The first-order valence-corrected chi connectivity index (χ1v) is 20.1. The van der Waals surface area contributed by atoms with E-state index in [1.165, 1.54) is 10.5 Å². The third-order valence-electron chi connectivity index (χ3n) is 10.4. The van der Waals surface area contributed by atoms with Crippen LogP contribution in [0.5, 0.6) is 5.75 Å². The second kappa shape index (κ2) is 21.2. The van der Waals surface area contributed by atoms with E-state index in [2.05, 4.69) is 45.1 Å². The van der Waals surface area contributed by atoms with Crippen LogP contribution in [-0.4, -0.2) is 106 Å². The van der Waals surface area contributed by atoms with Crippen molar-refractivity contribution < 1.29 is 33.8 Å². The van der Waals surface area contributed by atoms with Gasteiger partial charge in [0.1, 0.15) is 30.3 Å². The van der Waals surface area contributed by atoms with Gasteiger partial charge in [0.2, 0.25) is 17.7 Å². The van der Waals surface area contributed by atoms with E-state index in [1.54, 1.807) is 13.2 Å². The molecule has 4 amide bonds. The Kier molecular flexibility index (Phi) is 15.9. The SMILES string of the molecule is CC(C)C[C@H]1NC(=O)[C@@H](NC(=O)CCC(=O)O)CCCCNC(=O)c2cnc(C3CCN(Cc4ccccc4)CC3)nc2Cc2ccc(cc2)OCCN(C)C1=O. The molecule has 14 nitrogen and oxygen atoms in total. The van der Waals surface area contributed by atoms with Gasteiger partial charge in [0.25, 0.3) is 5.91 Å². The smallest absolute Gasteiger partial charge is 0.303 e. The summed E-state index contributed by atoms with van der Waals surface area (Å²) < 4.78 is 5.99. The average molecular weight is 784 g/mol. The van der Waals surface area contributed by atoms with Crippen LogP contribution in [0.25, 0.3) is 0 Å². The molecule has 4 N–H and O–H groups in total. The highest BCUT2D eigenvalue weighted by Gasteiger charge is 2.30. The lowest BCUT2D eigenvalue weighted by atomic mass is 9.95. The molecule has 14 heteroatoms. The Bertz CT molecular complexity index is 1810. The van der Waals surface area contributed by atoms with E-state index in [4.69, 9.17) is 19.8 Å². The molecule has 57 heavy (non-hydrogen) atoms. The fourth-order valence-electron chi connectivity index (χ4n) is 7.21. The Labute approximate surface area is 335 Å². The quantitative estimate of drug-likeness (QED) is 0.231. The van der Waals surface area contributed by atoms with Crippen LogP contribution in [0.3, 0.4) is 0 Å². The van der Waals surface area contributed by atoms with Gasteiger partial charge in [-0.25, -0.2) is 9.97 Å². The summed E-state index contributed by atoms with van der Waals surface area (Å²) in [4.78, 5) is 78.4. The van der Waals surface area contributed by atoms with Crippen molar-refractivity contribution in [2.75, 3.05) is 39.8 Å². The normalized spacial score (nSPS) is 19.7. The predicted octanol–water partition coefficient (Wildman–Crippen LogP) is 4.08. The minimum Gasteiger partial charge on any atom is -0.492 e. The average Bonchev–Trinajstić information content (AvgIpc) is 3.19. The van der Waals surface area contributed by atoms with Crippen molar-refractivity contribution in [2.24, 2.45) is 5.92 Å². The molecule has 4 heterocycles. The van der Waals surface area contributed by atoms with Gasteiger partial charge in [0.15, 0.2) is 0 Å². The number of carboxylic acid groups (broad SMARTS) is 1. The third kappa shape index (κ3) is 13.4. The largest absolute Gasteiger partial charge is 0.492 e. The van der Waals surface area contributed by atoms with Crippen molar-refractivity contribution in [3.8, 4) is 5.75 Å². The highest BCUT2D eigenvalue weighted by atomic mass is 16.5. The molecule has 1 aromatic heterocycles. The van der Waals surface area contributed by atoms with Gasteiger partial charge in [-0.05, 0) is 80.8 Å². The fraction of sp³-hybridized carbons (Fsp3) is 0.512. The van der Waals surface area contributed by atoms with Gasteiger partial charge in [0, 0.05) is 45.1 Å². The number of carboxylic acids is 1. The van der Waals surface area contributed by atoms with Gasteiger partial charge < -0.3 is 30.7 Å². The van der Waals surface area contributed by atoms with Crippen LogP contribution >= 0.6 is 0 Å². The van der Waals surface area contributed by atoms with E-state index in [-0.39, 0.29) is 56.1 Å². The molecule has 0 aliphatic carbocycles. The van der Waals surface area contributed by atoms with Crippen molar-refractivity contribution in [3.63, 3.8) is 0 Å². The van der Waals surface area contributed by atoms with Crippen LogP contribution in [-0.2, 0) is 32.1 Å². The van der Waals surface area contributed by atoms with Crippen molar-refractivity contribution in [2.45, 2.75) is 96.2 Å². The molecule has 2 bridgehead atoms. The van der Waals surface area contributed by atoms with E-state index in [1.807, 2.05) is 44.2 Å². The highest BCUT2D eigenvalue weighted by molar-refractivity contribution is 5.95. The lowest BCUT2D eigenvalue weighted by molar-refractivity contribution is -0.139. The van der Waals surface area contributed by atoms with Crippen molar-refractivity contribution in [1.82, 2.24) is 35.7 Å². The Morgan fingerprint density at radius 1 is 0.965 bits per heavy atom. The number of rotatable bonds is 9. The standard InChI is InChI=1S/C43H57N7O7/c1-29(2)25-37-43(56)49(3)23-24-57-33-14-12-30(13-15-33)26-36-34(27-45-40(47-36)32-18-21-50(22-19-32)28-31-9-5-4-6-10-31)41(54)44-20-8-7-11-35(42(55)48-37)46-38(51)16-17-39(52)53/h4-6,9-10,12-15,27,29,32,35,37H,7-8,11,16-26,28H2,1-3H3,(H,44,54)(H,46,51)(H,48,55)(H,52,53)/t35-,37+/m0/s1. The Morgan fingerprint density at radius 2 is 1.70 bits per heavy atom. The van der Waals surface area contributed by atoms with Crippen molar-refractivity contribution >= 4 is 29.6 Å². The van der Waals surface area contributed by atoms with E-state index in [9.17, 15) is 24.0 Å². The minimum atomic E-state index is -1.12. The van der Waals surface area contributed by atoms with Gasteiger partial charge in [-0.1, -0.05) is 56.3 Å². The van der Waals surface area contributed by atoms with Crippen LogP contribution in [0.4, 0.5) is 0 Å². The van der Waals surface area contributed by atoms with Gasteiger partial charge in [0.05, 0.1) is 24.2 Å². The summed E-state index contributed by atoms with van der Waals surface area (Å²) in [6.45, 7) is 7.46. The number of aromatic nitrogens is 2. The molecule has 0 spiro atoms. The number of piperidine rings is 1. The van der Waals surface area contributed by atoms with Crippen molar-refractivity contribution in [3.05, 3.63) is 89.0 Å². The Morgan fingerprint density at radius 3 is 2.40 bits per heavy atom. The summed E-state index contributed by atoms with van der Waals surface area (Å²) in [6.07, 6.45) is 4.77. The molecule has 2 atom stereocenters. The second-order valence-electron chi connectivity index (χ2n) is 15.5. The number of aliphatic carboxylic acids is 1. The summed E-state index contributed by atoms with van der Waals surface area (Å²) in [5.41, 5.74) is 3.28. The summed E-state index contributed by atoms with van der Waals surface area (Å²) in [5, 5.41) is 17.6. The van der Waals surface area contributed by atoms with E-state index >= 15 is 0 Å². The lowest BCUT2D eigenvalue weighted by Gasteiger charge is -2.31. The third-order valence-corrected chi connectivity index (χ3v) is 10.4. The number of ether oxygens (including phenoxy) is 1. The van der Waals surface area contributed by atoms with Crippen LogP contribution in [0.15, 0.2) is 60.8 Å². The van der Waals surface area contributed by atoms with Gasteiger partial charge in [-0.3, -0.25) is 28.9 Å². The van der Waals surface area contributed by atoms with E-state index in [0.717, 1.165) is 43.9 Å². The molecule has 0 unspecified atom stereocenters. The number of nitrogens with one attached hydrogen (secondary N) is 3. The minimum absolute atomic E-state index is 0.0821. The van der Waals surface area contributed by atoms with Gasteiger partial charge >= 0.3 is 5.97 Å². The first kappa shape index (κ1) is 42.8. The number of carbonyl (C=O) groups is 5. The maximum Gasteiger partial charge on any atom is 0.303 e. The van der Waals surface area contributed by atoms with Crippen LogP contribution < -0.4 is 20.7 Å². The molecule has 0 radical (unpaired) electrons. The van der Waals surface area contributed by atoms with Crippen molar-refractivity contribution in [1.29, 1.82) is 0 Å². The fourth-order valence-corrected chi connectivity index (χ4v) is 7.21. The summed E-state index contributed by atoms with van der Waals surface area (Å²) in [5.74, 6) is -1.18. The zero-order valence-corrected chi connectivity index (χ0v) is 33.4. The molecule has 1 fully saturated rings. The number of likely N-dealkylation sites (N-methyl/N-ethyl adjacent to an activating group) is 1. The number of benzene rings is 2. The Hall–Kier alpha value is -5.37. The van der Waals surface area contributed by atoms with E-state index < -0.39 is 29.9 Å². The molecule has 3 aliphatic rings. The van der Waals surface area contributed by atoms with Crippen LogP contribution in [0.1, 0.15) is 104 Å². The van der Waals surface area contributed by atoms with Gasteiger partial charge in [-0.15, -0.1) is 0 Å².